The van der Waals surface area contributed by atoms with Crippen molar-refractivity contribution in [1.29, 1.82) is 0 Å². The minimum absolute atomic E-state index is 0.0473. The summed E-state index contributed by atoms with van der Waals surface area (Å²) in [6, 6.07) is 0. The summed E-state index contributed by atoms with van der Waals surface area (Å²) in [7, 11) is 0. The van der Waals surface area contributed by atoms with Crippen molar-refractivity contribution in [1.82, 2.24) is 0 Å². The number of aliphatic hydroxyl groups excluding tert-OH is 1. The summed E-state index contributed by atoms with van der Waals surface area (Å²) in [5.74, 6) is -0.455. The van der Waals surface area contributed by atoms with Crippen LogP contribution in [0.1, 0.15) is 27.7 Å². The monoisotopic (exact) mass is 204 g/mol. The zero-order chi connectivity index (χ0) is 11.8. The lowest BCUT2D eigenvalue weighted by molar-refractivity contribution is -0.139. The number of hydrogen-bond acceptors (Lipinski definition) is 4. The molecule has 0 atom stereocenters. The lowest BCUT2D eigenvalue weighted by atomic mass is 10.2. The van der Waals surface area contributed by atoms with Gasteiger partial charge in [0.25, 0.3) is 0 Å². The normalized spacial score (nSPS) is 9.86. The van der Waals surface area contributed by atoms with Crippen LogP contribution in [0.4, 0.5) is 0 Å². The van der Waals surface area contributed by atoms with Gasteiger partial charge in [-0.3, -0.25) is 0 Å². The van der Waals surface area contributed by atoms with Crippen molar-refractivity contribution in [2.45, 2.75) is 33.3 Å². The van der Waals surface area contributed by atoms with Gasteiger partial charge in [0, 0.05) is 5.57 Å². The molecule has 0 radical (unpaired) electrons. The third-order valence-electron chi connectivity index (χ3n) is 0.673. The van der Waals surface area contributed by atoms with Gasteiger partial charge in [0.15, 0.2) is 0 Å². The number of carbonyl (C=O) groups excluding carboxylic acids is 1. The van der Waals surface area contributed by atoms with Crippen LogP contribution in [0.5, 0.6) is 0 Å². The van der Waals surface area contributed by atoms with Crippen LogP contribution in [-0.2, 0) is 9.53 Å². The van der Waals surface area contributed by atoms with Crippen molar-refractivity contribution < 1.29 is 19.7 Å². The molecule has 0 rings (SSSR count). The minimum Gasteiger partial charge on any atom is -0.460 e. The Balaban J connectivity index is 0. The molecule has 0 amide bonds. The molecule has 0 saturated carbocycles. The number of aliphatic hydroxyl groups is 2. The summed E-state index contributed by atoms with van der Waals surface area (Å²) >= 11 is 0. The molecular weight excluding hydrogens is 184 g/mol. The second-order valence-corrected chi connectivity index (χ2v) is 3.81. The topological polar surface area (TPSA) is 66.8 Å². The molecule has 0 aliphatic heterocycles. The van der Waals surface area contributed by atoms with Crippen molar-refractivity contribution in [3.8, 4) is 0 Å². The van der Waals surface area contributed by atoms with E-state index in [-0.39, 0.29) is 13.2 Å². The Morgan fingerprint density at radius 3 is 2.00 bits per heavy atom. The molecule has 0 fully saturated rings. The number of carbonyl (C=O) groups is 1. The van der Waals surface area contributed by atoms with E-state index < -0.39 is 11.6 Å². The van der Waals surface area contributed by atoms with Crippen LogP contribution in [0.3, 0.4) is 0 Å². The van der Waals surface area contributed by atoms with E-state index >= 15 is 0 Å². The average Bonchev–Trinajstić information content (AvgIpc) is 1.96. The van der Waals surface area contributed by atoms with E-state index in [2.05, 4.69) is 11.3 Å². The summed E-state index contributed by atoms with van der Waals surface area (Å²) in [6.45, 7) is 10.0. The number of rotatable bonds is 3. The predicted molar refractivity (Wildman–Crippen MR) is 54.8 cm³/mol. The van der Waals surface area contributed by atoms with Crippen LogP contribution >= 0.6 is 0 Å². The van der Waals surface area contributed by atoms with Crippen molar-refractivity contribution in [3.05, 3.63) is 12.2 Å². The number of ether oxygens (including phenoxy) is 1. The van der Waals surface area contributed by atoms with Crippen LogP contribution in [-0.4, -0.2) is 35.0 Å². The molecule has 0 aromatic rings. The smallest absolute Gasteiger partial charge is 0.333 e. The van der Waals surface area contributed by atoms with Gasteiger partial charge < -0.3 is 14.9 Å². The molecule has 0 saturated heterocycles. The lowest BCUT2D eigenvalue weighted by Crippen LogP contribution is -2.10. The molecule has 0 aromatic heterocycles. The Kier molecular flexibility index (Phi) is 8.38. The highest BCUT2D eigenvalue weighted by atomic mass is 16.5. The molecule has 84 valence electrons. The van der Waals surface area contributed by atoms with Gasteiger partial charge in [0.05, 0.1) is 12.2 Å². The summed E-state index contributed by atoms with van der Waals surface area (Å²) in [4.78, 5) is 10.5. The summed E-state index contributed by atoms with van der Waals surface area (Å²) < 4.78 is 4.46. The highest BCUT2D eigenvalue weighted by Crippen LogP contribution is 1.93. The molecule has 2 N–H and O–H groups in total. The molecule has 0 aliphatic rings. The molecule has 0 aromatic carbocycles. The van der Waals surface area contributed by atoms with E-state index in [1.165, 1.54) is 0 Å². The van der Waals surface area contributed by atoms with Crippen molar-refractivity contribution in [2.24, 2.45) is 0 Å². The SMILES string of the molecule is C=C(C)C(=O)OCCO.CC(C)(C)O. The molecule has 0 spiro atoms. The second-order valence-electron chi connectivity index (χ2n) is 3.81. The van der Waals surface area contributed by atoms with Crippen molar-refractivity contribution in [3.63, 3.8) is 0 Å². The molecule has 4 nitrogen and oxygen atoms in total. The van der Waals surface area contributed by atoms with Crippen LogP contribution in [0, 0.1) is 0 Å². The molecular formula is C10H20O4. The fourth-order valence-electron chi connectivity index (χ4n) is 0.262. The van der Waals surface area contributed by atoms with Gasteiger partial charge in [-0.25, -0.2) is 4.79 Å². The van der Waals surface area contributed by atoms with Crippen molar-refractivity contribution >= 4 is 5.97 Å². The van der Waals surface area contributed by atoms with Gasteiger partial charge >= 0.3 is 5.97 Å². The first-order valence-electron chi connectivity index (χ1n) is 4.34. The maximum absolute atomic E-state index is 10.5. The Bertz CT molecular complexity index is 173. The molecule has 0 bridgehead atoms. The van der Waals surface area contributed by atoms with E-state index in [9.17, 15) is 4.79 Å². The third-order valence-corrected chi connectivity index (χ3v) is 0.673. The quantitative estimate of drug-likeness (QED) is 0.529. The van der Waals surface area contributed by atoms with E-state index in [0.29, 0.717) is 5.57 Å². The fraction of sp³-hybridized carbons (Fsp3) is 0.700. The highest BCUT2D eigenvalue weighted by Gasteiger charge is 1.99. The van der Waals surface area contributed by atoms with Gasteiger partial charge in [-0.2, -0.15) is 0 Å². The lowest BCUT2D eigenvalue weighted by Gasteiger charge is -2.04. The van der Waals surface area contributed by atoms with Crippen LogP contribution in [0.25, 0.3) is 0 Å². The Hall–Kier alpha value is -0.870. The minimum atomic E-state index is -0.500. The van der Waals surface area contributed by atoms with Crippen LogP contribution in [0.15, 0.2) is 12.2 Å². The Morgan fingerprint density at radius 2 is 1.79 bits per heavy atom. The third kappa shape index (κ3) is 22.5. The van der Waals surface area contributed by atoms with E-state index in [1.807, 2.05) is 0 Å². The molecule has 4 heteroatoms. The summed E-state index contributed by atoms with van der Waals surface area (Å²) in [5, 5.41) is 16.7. The van der Waals surface area contributed by atoms with Gasteiger partial charge in [-0.05, 0) is 27.7 Å². The van der Waals surface area contributed by atoms with Crippen LogP contribution < -0.4 is 0 Å². The van der Waals surface area contributed by atoms with E-state index in [1.54, 1.807) is 27.7 Å². The first kappa shape index (κ1) is 15.6. The molecule has 0 heterocycles. The van der Waals surface area contributed by atoms with E-state index in [4.69, 9.17) is 10.2 Å². The van der Waals surface area contributed by atoms with Gasteiger partial charge in [-0.1, -0.05) is 6.58 Å². The largest absolute Gasteiger partial charge is 0.460 e. The van der Waals surface area contributed by atoms with Gasteiger partial charge in [0.2, 0.25) is 0 Å². The van der Waals surface area contributed by atoms with Gasteiger partial charge in [-0.15, -0.1) is 0 Å². The van der Waals surface area contributed by atoms with Gasteiger partial charge in [0.1, 0.15) is 6.61 Å². The zero-order valence-corrected chi connectivity index (χ0v) is 9.33. The van der Waals surface area contributed by atoms with Crippen molar-refractivity contribution in [2.75, 3.05) is 13.2 Å². The molecule has 14 heavy (non-hydrogen) atoms. The summed E-state index contributed by atoms with van der Waals surface area (Å²) in [6.07, 6.45) is 0. The first-order chi connectivity index (χ1) is 6.18. The zero-order valence-electron chi connectivity index (χ0n) is 9.33. The Labute approximate surface area is 85.2 Å². The average molecular weight is 204 g/mol. The fourth-order valence-corrected chi connectivity index (χ4v) is 0.262. The molecule has 0 unspecified atom stereocenters. The summed E-state index contributed by atoms with van der Waals surface area (Å²) in [5.41, 5.74) is -0.150. The number of hydrogen-bond donors (Lipinski definition) is 2. The standard InChI is InChI=1S/C6H10O3.C4H10O/c1-5(2)6(8)9-4-3-7;1-4(2,3)5/h7H,1,3-4H2,2H3;5H,1-3H3. The predicted octanol–water partition coefficient (Wildman–Crippen LogP) is 0.875. The molecule has 0 aliphatic carbocycles. The Morgan fingerprint density at radius 1 is 1.43 bits per heavy atom. The highest BCUT2D eigenvalue weighted by molar-refractivity contribution is 5.86. The maximum atomic E-state index is 10.5. The second kappa shape index (κ2) is 7.53. The van der Waals surface area contributed by atoms with Crippen LogP contribution in [0.2, 0.25) is 0 Å². The first-order valence-corrected chi connectivity index (χ1v) is 4.34. The van der Waals surface area contributed by atoms with E-state index in [0.717, 1.165) is 0 Å². The number of esters is 1. The maximum Gasteiger partial charge on any atom is 0.333 e.